The van der Waals surface area contributed by atoms with Crippen molar-refractivity contribution < 1.29 is 38.6 Å². The molecule has 1 saturated carbocycles. The molecule has 0 aromatic heterocycles. The maximum absolute atomic E-state index is 13.6. The van der Waals surface area contributed by atoms with E-state index in [4.69, 9.17) is 27.9 Å². The summed E-state index contributed by atoms with van der Waals surface area (Å²) < 4.78 is 10.5. The molecule has 198 valence electrons. The minimum absolute atomic E-state index is 0.0203. The van der Waals surface area contributed by atoms with E-state index in [1.807, 2.05) is 0 Å². The van der Waals surface area contributed by atoms with Gasteiger partial charge in [0.05, 0.1) is 25.2 Å². The fourth-order valence-corrected chi connectivity index (χ4v) is 7.86. The SMILES string of the molecule is COC(=O)N1C(=O)[C@H]2[C@H](CC=C3[C@H](C4=COc5ccc(O)cc5C4)[C@]4(Cl)C(=O)N(C)C(=O)[C@]4(Cl)C[C@H]32)C1=O. The summed E-state index contributed by atoms with van der Waals surface area (Å²) in [6, 6.07) is 4.62. The molecule has 2 saturated heterocycles. The van der Waals surface area contributed by atoms with Crippen molar-refractivity contribution in [2.24, 2.45) is 23.7 Å². The van der Waals surface area contributed by atoms with Gasteiger partial charge in [-0.1, -0.05) is 11.6 Å². The normalized spacial score (nSPS) is 35.6. The molecule has 5 aliphatic rings. The number of rotatable bonds is 1. The van der Waals surface area contributed by atoms with Gasteiger partial charge in [0.15, 0.2) is 9.75 Å². The number of carbonyl (C=O) groups excluding carboxylic acids is 5. The van der Waals surface area contributed by atoms with Gasteiger partial charge < -0.3 is 14.6 Å². The monoisotopic (exact) mass is 560 g/mol. The number of phenolic OH excluding ortho intramolecular Hbond substituents is 1. The number of amides is 5. The summed E-state index contributed by atoms with van der Waals surface area (Å²) in [6.45, 7) is 0. The largest absolute Gasteiger partial charge is 0.508 e. The molecule has 3 fully saturated rings. The lowest BCUT2D eigenvalue weighted by Crippen LogP contribution is -2.61. The Morgan fingerprint density at radius 2 is 1.87 bits per heavy atom. The summed E-state index contributed by atoms with van der Waals surface area (Å²) in [4.78, 5) is 63.3. The van der Waals surface area contributed by atoms with E-state index in [0.29, 0.717) is 27.4 Å². The molecule has 3 aliphatic heterocycles. The summed E-state index contributed by atoms with van der Waals surface area (Å²) >= 11 is 14.2. The number of phenols is 1. The van der Waals surface area contributed by atoms with E-state index in [0.717, 1.165) is 12.0 Å². The van der Waals surface area contributed by atoms with E-state index in [1.165, 1.54) is 25.4 Å². The lowest BCUT2D eigenvalue weighted by Gasteiger charge is -2.51. The molecular formula is C26H22Cl2N2O8. The molecule has 10 nitrogen and oxygen atoms in total. The number of allylic oxidation sites excluding steroid dienone is 3. The second-order valence-corrected chi connectivity index (χ2v) is 11.5. The molecule has 6 rings (SSSR count). The minimum atomic E-state index is -1.94. The van der Waals surface area contributed by atoms with E-state index < -0.39 is 63.1 Å². The summed E-state index contributed by atoms with van der Waals surface area (Å²) in [5.74, 6) is -5.84. The smallest absolute Gasteiger partial charge is 0.423 e. The van der Waals surface area contributed by atoms with Crippen LogP contribution in [0.4, 0.5) is 4.79 Å². The molecule has 2 aliphatic carbocycles. The van der Waals surface area contributed by atoms with Crippen LogP contribution < -0.4 is 4.74 Å². The number of alkyl halides is 2. The van der Waals surface area contributed by atoms with E-state index in [-0.39, 0.29) is 25.0 Å². The van der Waals surface area contributed by atoms with Gasteiger partial charge in [0.25, 0.3) is 11.8 Å². The lowest BCUT2D eigenvalue weighted by atomic mass is 9.56. The van der Waals surface area contributed by atoms with Gasteiger partial charge in [-0.15, -0.1) is 23.2 Å². The quantitative estimate of drug-likeness (QED) is 0.315. The molecule has 0 unspecified atom stereocenters. The van der Waals surface area contributed by atoms with E-state index in [9.17, 15) is 29.1 Å². The van der Waals surface area contributed by atoms with E-state index in [2.05, 4.69) is 4.74 Å². The number of methoxy groups -OCH3 is 1. The zero-order valence-electron chi connectivity index (χ0n) is 20.3. The van der Waals surface area contributed by atoms with Crippen LogP contribution in [-0.2, 0) is 30.3 Å². The molecule has 1 aromatic carbocycles. The Morgan fingerprint density at radius 1 is 1.13 bits per heavy atom. The first kappa shape index (κ1) is 24.9. The molecule has 1 aromatic rings. The first-order valence-corrected chi connectivity index (χ1v) is 12.7. The minimum Gasteiger partial charge on any atom is -0.508 e. The van der Waals surface area contributed by atoms with Crippen LogP contribution in [0.5, 0.6) is 11.5 Å². The predicted molar refractivity (Wildman–Crippen MR) is 131 cm³/mol. The molecule has 6 atom stereocenters. The number of benzene rings is 1. The van der Waals surface area contributed by atoms with Crippen LogP contribution in [0.15, 0.2) is 41.7 Å². The molecular weight excluding hydrogens is 539 g/mol. The third-order valence-electron chi connectivity index (χ3n) is 8.52. The van der Waals surface area contributed by atoms with Crippen molar-refractivity contribution in [3.05, 3.63) is 47.2 Å². The average molecular weight is 561 g/mol. The standard InChI is InChI=1S/C26H22Cl2N2O8/c1-29-22(34)25(27)9-16-14(4-5-15-18(16)21(33)30(20(15)32)24(36)37-2)19(26(25,28)23(29)35)12-7-11-8-13(31)3-6-17(11)38-10-12/h3-4,6,8,10,15-16,18-19,31H,5,7,9H2,1-2H3/t15-,16+,18-,19-,25+,26-/m0/s1. The van der Waals surface area contributed by atoms with Gasteiger partial charge in [-0.05, 0) is 42.5 Å². The highest BCUT2D eigenvalue weighted by Gasteiger charge is 2.76. The average Bonchev–Trinajstić information content (AvgIpc) is 3.22. The Balaban J connectivity index is 1.51. The van der Waals surface area contributed by atoms with Crippen LogP contribution in [-0.4, -0.2) is 68.5 Å². The van der Waals surface area contributed by atoms with Gasteiger partial charge in [-0.25, -0.2) is 4.79 Å². The maximum atomic E-state index is 13.6. The number of likely N-dealkylation sites (tertiary alicyclic amines) is 2. The van der Waals surface area contributed by atoms with Crippen LogP contribution >= 0.6 is 23.2 Å². The molecule has 0 radical (unpaired) electrons. The highest BCUT2D eigenvalue weighted by molar-refractivity contribution is 6.53. The Labute approximate surface area is 226 Å². The van der Waals surface area contributed by atoms with Gasteiger partial charge in [0.2, 0.25) is 11.8 Å². The number of imide groups is 4. The number of nitrogens with zero attached hydrogens (tertiary/aromatic N) is 2. The van der Waals surface area contributed by atoms with Crippen LogP contribution in [0.2, 0.25) is 0 Å². The third kappa shape index (κ3) is 2.93. The van der Waals surface area contributed by atoms with Gasteiger partial charge in [-0.2, -0.15) is 4.90 Å². The number of halogens is 2. The Hall–Kier alpha value is -3.37. The number of carbonyl (C=O) groups is 5. The van der Waals surface area contributed by atoms with Crippen LogP contribution in [0, 0.1) is 23.7 Å². The third-order valence-corrected chi connectivity index (χ3v) is 9.93. The van der Waals surface area contributed by atoms with Crippen molar-refractivity contribution in [3.63, 3.8) is 0 Å². The van der Waals surface area contributed by atoms with Crippen LogP contribution in [0.3, 0.4) is 0 Å². The summed E-state index contributed by atoms with van der Waals surface area (Å²) in [6.07, 6.45) is 2.30. The van der Waals surface area contributed by atoms with Crippen molar-refractivity contribution in [1.82, 2.24) is 9.80 Å². The molecule has 12 heteroatoms. The summed E-state index contributed by atoms with van der Waals surface area (Å²) in [7, 11) is 2.38. The fraction of sp³-hybridized carbons (Fsp3) is 0.423. The van der Waals surface area contributed by atoms with Crippen molar-refractivity contribution in [1.29, 1.82) is 0 Å². The zero-order chi connectivity index (χ0) is 27.3. The predicted octanol–water partition coefficient (Wildman–Crippen LogP) is 2.50. The fourth-order valence-electron chi connectivity index (χ4n) is 6.83. The topological polar surface area (TPSA) is 131 Å². The zero-order valence-corrected chi connectivity index (χ0v) is 21.8. The summed E-state index contributed by atoms with van der Waals surface area (Å²) in [5, 5.41) is 10.0. The van der Waals surface area contributed by atoms with Crippen LogP contribution in [0.25, 0.3) is 0 Å². The number of fused-ring (bicyclic) bond motifs is 5. The second-order valence-electron chi connectivity index (χ2n) is 10.3. The van der Waals surface area contributed by atoms with Gasteiger partial charge in [-0.3, -0.25) is 24.1 Å². The summed E-state index contributed by atoms with van der Waals surface area (Å²) in [5.41, 5.74) is 1.74. The molecule has 0 spiro atoms. The second kappa shape index (κ2) is 8.07. The molecule has 38 heavy (non-hydrogen) atoms. The maximum Gasteiger partial charge on any atom is 0.423 e. The molecule has 1 N–H and O–H groups in total. The van der Waals surface area contributed by atoms with Crippen molar-refractivity contribution in [2.45, 2.75) is 29.0 Å². The Kier molecular flexibility index (Phi) is 5.29. The first-order valence-electron chi connectivity index (χ1n) is 12.0. The van der Waals surface area contributed by atoms with Crippen molar-refractivity contribution in [2.75, 3.05) is 14.2 Å². The van der Waals surface area contributed by atoms with Crippen molar-refractivity contribution >= 4 is 52.9 Å². The molecule has 5 amide bonds. The molecule has 3 heterocycles. The lowest BCUT2D eigenvalue weighted by molar-refractivity contribution is -0.139. The Morgan fingerprint density at radius 3 is 2.58 bits per heavy atom. The van der Waals surface area contributed by atoms with Gasteiger partial charge in [0.1, 0.15) is 11.5 Å². The van der Waals surface area contributed by atoms with E-state index in [1.54, 1.807) is 12.1 Å². The van der Waals surface area contributed by atoms with Crippen LogP contribution in [0.1, 0.15) is 18.4 Å². The number of ether oxygens (including phenoxy) is 2. The Bertz CT molecular complexity index is 1420. The number of aromatic hydroxyl groups is 1. The molecule has 0 bridgehead atoms. The highest BCUT2D eigenvalue weighted by atomic mass is 35.5. The number of hydrogen-bond acceptors (Lipinski definition) is 8. The van der Waals surface area contributed by atoms with Gasteiger partial charge in [0, 0.05) is 24.9 Å². The van der Waals surface area contributed by atoms with Crippen molar-refractivity contribution in [3.8, 4) is 11.5 Å². The number of hydrogen-bond donors (Lipinski definition) is 1. The van der Waals surface area contributed by atoms with E-state index >= 15 is 0 Å². The van der Waals surface area contributed by atoms with Gasteiger partial charge >= 0.3 is 6.09 Å². The first-order chi connectivity index (χ1) is 18.0. The highest BCUT2D eigenvalue weighted by Crippen LogP contribution is 2.64.